The van der Waals surface area contributed by atoms with Crippen molar-refractivity contribution in [1.82, 2.24) is 19.7 Å². The minimum atomic E-state index is -0.437. The first-order valence-corrected chi connectivity index (χ1v) is 6.03. The molecule has 0 saturated carbocycles. The highest BCUT2D eigenvalue weighted by molar-refractivity contribution is 5.58. The summed E-state index contributed by atoms with van der Waals surface area (Å²) in [6.45, 7) is 5.52. The zero-order valence-electron chi connectivity index (χ0n) is 10.5. The molecule has 0 bridgehead atoms. The number of hydrogen-bond acceptors (Lipinski definition) is 4. The lowest BCUT2D eigenvalue weighted by atomic mass is 10.2. The Morgan fingerprint density at radius 2 is 2.17 bits per heavy atom. The van der Waals surface area contributed by atoms with Crippen LogP contribution in [0.3, 0.4) is 0 Å². The molecule has 0 unspecified atom stereocenters. The average molecular weight is 249 g/mol. The Hall–Kier alpha value is -1.98. The Balaban J connectivity index is 2.30. The van der Waals surface area contributed by atoms with Crippen LogP contribution in [-0.4, -0.2) is 26.3 Å². The summed E-state index contributed by atoms with van der Waals surface area (Å²) in [5, 5.41) is 7.15. The van der Waals surface area contributed by atoms with Gasteiger partial charge < -0.3 is 5.32 Å². The van der Waals surface area contributed by atoms with Crippen LogP contribution in [0, 0.1) is 5.82 Å². The SMILES string of the molecule is CCCNc1ncc(F)c(-c2cnn(CC)c2)n1. The van der Waals surface area contributed by atoms with Crippen LogP contribution in [0.15, 0.2) is 18.6 Å². The van der Waals surface area contributed by atoms with E-state index in [1.54, 1.807) is 17.1 Å². The van der Waals surface area contributed by atoms with Gasteiger partial charge in [0.1, 0.15) is 5.69 Å². The summed E-state index contributed by atoms with van der Waals surface area (Å²) in [6.07, 6.45) is 5.53. The van der Waals surface area contributed by atoms with E-state index in [-0.39, 0.29) is 5.69 Å². The second-order valence-corrected chi connectivity index (χ2v) is 3.90. The number of rotatable bonds is 5. The zero-order valence-corrected chi connectivity index (χ0v) is 10.5. The summed E-state index contributed by atoms with van der Waals surface area (Å²) in [5.74, 6) is 0.00481. The van der Waals surface area contributed by atoms with E-state index in [1.807, 2.05) is 13.8 Å². The predicted octanol–water partition coefficient (Wildman–Crippen LogP) is 2.32. The Kier molecular flexibility index (Phi) is 3.86. The van der Waals surface area contributed by atoms with Crippen molar-refractivity contribution in [3.63, 3.8) is 0 Å². The smallest absolute Gasteiger partial charge is 0.223 e. The van der Waals surface area contributed by atoms with Gasteiger partial charge in [0, 0.05) is 24.8 Å². The van der Waals surface area contributed by atoms with Gasteiger partial charge in [0.25, 0.3) is 0 Å². The van der Waals surface area contributed by atoms with Gasteiger partial charge in [0.15, 0.2) is 5.82 Å². The summed E-state index contributed by atoms with van der Waals surface area (Å²) < 4.78 is 15.4. The first-order valence-electron chi connectivity index (χ1n) is 6.03. The molecule has 0 aromatic carbocycles. The van der Waals surface area contributed by atoms with Gasteiger partial charge in [-0.15, -0.1) is 0 Å². The standard InChI is InChI=1S/C12H16FN5/c1-3-5-14-12-15-7-10(13)11(17-12)9-6-16-18(4-2)8-9/h6-8H,3-5H2,1-2H3,(H,14,15,17). The molecule has 1 N–H and O–H groups in total. The van der Waals surface area contributed by atoms with Gasteiger partial charge in [-0.3, -0.25) is 4.68 Å². The molecule has 96 valence electrons. The minimum absolute atomic E-state index is 0.281. The quantitative estimate of drug-likeness (QED) is 0.883. The number of hydrogen-bond donors (Lipinski definition) is 1. The summed E-state index contributed by atoms with van der Waals surface area (Å²) in [7, 11) is 0. The van der Waals surface area contributed by atoms with Crippen LogP contribution in [0.5, 0.6) is 0 Å². The lowest BCUT2D eigenvalue weighted by Gasteiger charge is -2.05. The van der Waals surface area contributed by atoms with E-state index in [1.165, 1.54) is 6.20 Å². The molecule has 0 radical (unpaired) electrons. The molecule has 2 aromatic heterocycles. The van der Waals surface area contributed by atoms with E-state index in [4.69, 9.17) is 0 Å². The highest BCUT2D eigenvalue weighted by Crippen LogP contribution is 2.20. The Morgan fingerprint density at radius 3 is 2.83 bits per heavy atom. The Morgan fingerprint density at radius 1 is 1.33 bits per heavy atom. The van der Waals surface area contributed by atoms with Gasteiger partial charge in [-0.2, -0.15) is 5.10 Å². The number of aromatic nitrogens is 4. The molecular weight excluding hydrogens is 233 g/mol. The number of nitrogens with one attached hydrogen (secondary N) is 1. The maximum Gasteiger partial charge on any atom is 0.223 e. The minimum Gasteiger partial charge on any atom is -0.354 e. The van der Waals surface area contributed by atoms with Crippen LogP contribution in [0.1, 0.15) is 20.3 Å². The van der Waals surface area contributed by atoms with Gasteiger partial charge >= 0.3 is 0 Å². The summed E-state index contributed by atoms with van der Waals surface area (Å²) in [5.41, 5.74) is 0.944. The van der Waals surface area contributed by atoms with E-state index >= 15 is 0 Å². The molecule has 0 amide bonds. The molecule has 5 nitrogen and oxygen atoms in total. The number of aryl methyl sites for hydroxylation is 1. The summed E-state index contributed by atoms with van der Waals surface area (Å²) in [6, 6.07) is 0. The highest BCUT2D eigenvalue weighted by atomic mass is 19.1. The molecule has 0 spiro atoms. The van der Waals surface area contributed by atoms with Crippen LogP contribution in [-0.2, 0) is 6.54 Å². The molecule has 0 atom stereocenters. The predicted molar refractivity (Wildman–Crippen MR) is 67.7 cm³/mol. The number of halogens is 1. The lowest BCUT2D eigenvalue weighted by Crippen LogP contribution is -2.05. The van der Waals surface area contributed by atoms with Crippen LogP contribution < -0.4 is 5.32 Å². The molecule has 2 aromatic rings. The van der Waals surface area contributed by atoms with E-state index in [9.17, 15) is 4.39 Å². The molecular formula is C12H16FN5. The third kappa shape index (κ3) is 2.64. The second-order valence-electron chi connectivity index (χ2n) is 3.90. The molecule has 0 saturated heterocycles. The van der Waals surface area contributed by atoms with Crippen LogP contribution >= 0.6 is 0 Å². The first-order chi connectivity index (χ1) is 8.74. The summed E-state index contributed by atoms with van der Waals surface area (Å²) >= 11 is 0. The fraction of sp³-hybridized carbons (Fsp3) is 0.417. The van der Waals surface area contributed by atoms with Crippen molar-refractivity contribution >= 4 is 5.95 Å². The van der Waals surface area contributed by atoms with E-state index < -0.39 is 5.82 Å². The van der Waals surface area contributed by atoms with E-state index in [0.29, 0.717) is 11.5 Å². The molecule has 0 aliphatic rings. The Labute approximate surface area is 105 Å². The van der Waals surface area contributed by atoms with Gasteiger partial charge in [0.05, 0.1) is 12.4 Å². The highest BCUT2D eigenvalue weighted by Gasteiger charge is 2.11. The first kappa shape index (κ1) is 12.5. The third-order valence-electron chi connectivity index (χ3n) is 2.51. The fourth-order valence-corrected chi connectivity index (χ4v) is 1.55. The molecule has 2 rings (SSSR count). The zero-order chi connectivity index (χ0) is 13.0. The third-order valence-corrected chi connectivity index (χ3v) is 2.51. The van der Waals surface area contributed by atoms with Crippen molar-refractivity contribution in [1.29, 1.82) is 0 Å². The van der Waals surface area contributed by atoms with Crippen molar-refractivity contribution in [3.8, 4) is 11.3 Å². The molecule has 6 heteroatoms. The molecule has 2 heterocycles. The maximum atomic E-state index is 13.7. The van der Waals surface area contributed by atoms with Crippen LogP contribution in [0.4, 0.5) is 10.3 Å². The van der Waals surface area contributed by atoms with E-state index in [0.717, 1.165) is 19.5 Å². The fourth-order valence-electron chi connectivity index (χ4n) is 1.55. The van der Waals surface area contributed by atoms with Crippen molar-refractivity contribution in [3.05, 3.63) is 24.4 Å². The topological polar surface area (TPSA) is 55.6 Å². The van der Waals surface area contributed by atoms with Crippen molar-refractivity contribution < 1.29 is 4.39 Å². The Bertz CT molecular complexity index is 523. The molecule has 0 fully saturated rings. The molecule has 0 aliphatic carbocycles. The average Bonchev–Trinajstić information content (AvgIpc) is 2.86. The van der Waals surface area contributed by atoms with Crippen molar-refractivity contribution in [2.24, 2.45) is 0 Å². The van der Waals surface area contributed by atoms with Gasteiger partial charge in [0.2, 0.25) is 5.95 Å². The monoisotopic (exact) mass is 249 g/mol. The van der Waals surface area contributed by atoms with Crippen molar-refractivity contribution in [2.45, 2.75) is 26.8 Å². The maximum absolute atomic E-state index is 13.7. The van der Waals surface area contributed by atoms with Crippen molar-refractivity contribution in [2.75, 3.05) is 11.9 Å². The van der Waals surface area contributed by atoms with E-state index in [2.05, 4.69) is 20.4 Å². The lowest BCUT2D eigenvalue weighted by molar-refractivity contribution is 0.618. The molecule has 0 aliphatic heterocycles. The van der Waals surface area contributed by atoms with Crippen LogP contribution in [0.2, 0.25) is 0 Å². The number of nitrogens with zero attached hydrogens (tertiary/aromatic N) is 4. The van der Waals surface area contributed by atoms with Gasteiger partial charge in [-0.05, 0) is 13.3 Å². The largest absolute Gasteiger partial charge is 0.354 e. The molecule has 18 heavy (non-hydrogen) atoms. The van der Waals surface area contributed by atoms with Gasteiger partial charge in [-0.25, -0.2) is 14.4 Å². The van der Waals surface area contributed by atoms with Crippen LogP contribution in [0.25, 0.3) is 11.3 Å². The second kappa shape index (κ2) is 5.57. The van der Waals surface area contributed by atoms with Gasteiger partial charge in [-0.1, -0.05) is 6.92 Å². The number of anilines is 1. The summed E-state index contributed by atoms with van der Waals surface area (Å²) in [4.78, 5) is 8.08. The normalized spacial score (nSPS) is 10.6.